The monoisotopic (exact) mass is 484 g/mol. The molecule has 0 aromatic heterocycles. The zero-order valence-electron chi connectivity index (χ0n) is 21.5. The molecule has 8 bridgehead atoms. The van der Waals surface area contributed by atoms with Crippen LogP contribution in [0.5, 0.6) is 0 Å². The number of rotatable bonds is 5. The number of carbonyl (C=O) groups excluding carboxylic acids is 2. The molecule has 8 aliphatic carbocycles. The zero-order valence-corrected chi connectivity index (χ0v) is 21.5. The molecule has 10 rings (SSSR count). The molecule has 0 radical (unpaired) electrons. The Hall–Kier alpha value is -2.10. The van der Waals surface area contributed by atoms with Crippen molar-refractivity contribution in [1.29, 1.82) is 0 Å². The van der Waals surface area contributed by atoms with Crippen molar-refractivity contribution in [1.82, 2.24) is 10.2 Å². The van der Waals surface area contributed by atoms with E-state index in [0.29, 0.717) is 6.42 Å². The van der Waals surface area contributed by atoms with E-state index in [1.807, 2.05) is 18.2 Å². The molecular weight excluding hydrogens is 444 g/mol. The number of carbonyl (C=O) groups is 2. The fraction of sp³-hybridized carbons (Fsp3) is 0.688. The van der Waals surface area contributed by atoms with E-state index in [2.05, 4.69) is 34.5 Å². The summed E-state index contributed by atoms with van der Waals surface area (Å²) in [6.45, 7) is 0. The fourth-order valence-corrected chi connectivity index (χ4v) is 11.3. The van der Waals surface area contributed by atoms with Crippen LogP contribution in [0, 0.1) is 35.5 Å². The average molecular weight is 485 g/mol. The van der Waals surface area contributed by atoms with E-state index < -0.39 is 5.54 Å². The predicted molar refractivity (Wildman–Crippen MR) is 140 cm³/mol. The van der Waals surface area contributed by atoms with E-state index >= 15 is 0 Å². The van der Waals surface area contributed by atoms with E-state index in [1.54, 1.807) is 0 Å². The Kier molecular flexibility index (Phi) is 4.56. The van der Waals surface area contributed by atoms with Gasteiger partial charge in [0.05, 0.1) is 6.42 Å². The normalized spacial score (nSPS) is 48.0. The molecule has 190 valence electrons. The first-order chi connectivity index (χ1) is 17.4. The van der Waals surface area contributed by atoms with E-state index in [9.17, 15) is 9.59 Å². The Morgan fingerprint density at radius 2 is 1.28 bits per heavy atom. The number of hydrogen-bond acceptors (Lipinski definition) is 2. The van der Waals surface area contributed by atoms with Crippen LogP contribution in [-0.2, 0) is 9.59 Å². The maximum Gasteiger partial charge on any atom is 0.251 e. The van der Waals surface area contributed by atoms with Crippen LogP contribution in [0.25, 0.3) is 6.08 Å². The number of nitrogens with one attached hydrogen (secondary N) is 1. The minimum Gasteiger partial charge on any atom is -0.348 e. The summed E-state index contributed by atoms with van der Waals surface area (Å²) in [5.41, 5.74) is 0.126. The van der Waals surface area contributed by atoms with Crippen molar-refractivity contribution < 1.29 is 9.59 Å². The summed E-state index contributed by atoms with van der Waals surface area (Å²) >= 11 is 0. The molecule has 1 unspecified atom stereocenters. The second-order valence-electron chi connectivity index (χ2n) is 14.4. The summed E-state index contributed by atoms with van der Waals surface area (Å²) < 4.78 is 0. The third-order valence-electron chi connectivity index (χ3n) is 11.7. The lowest BCUT2D eigenvalue weighted by Crippen LogP contribution is -2.79. The van der Waals surface area contributed by atoms with Crippen molar-refractivity contribution in [3.05, 3.63) is 42.0 Å². The Labute approximate surface area is 215 Å². The maximum atomic E-state index is 14.5. The number of β-lactam (4-membered cyclic amide) rings is 1. The molecule has 2 amide bonds. The van der Waals surface area contributed by atoms with E-state index in [4.69, 9.17) is 0 Å². The van der Waals surface area contributed by atoms with Gasteiger partial charge in [0.15, 0.2) is 0 Å². The molecule has 0 spiro atoms. The third-order valence-corrected chi connectivity index (χ3v) is 11.7. The SMILES string of the molecule is O=C1CC(C=Cc2ccccc2)(C(=O)NC23CC4CC(CC(C4)C2)C3)N1C12CC3CC(CC(C3)C1)C2. The van der Waals surface area contributed by atoms with Crippen molar-refractivity contribution >= 4 is 17.9 Å². The van der Waals surface area contributed by atoms with E-state index in [-0.39, 0.29) is 22.9 Å². The first-order valence-corrected chi connectivity index (χ1v) is 14.8. The summed E-state index contributed by atoms with van der Waals surface area (Å²) in [5.74, 6) is 4.91. The number of nitrogens with zero attached hydrogens (tertiary/aromatic N) is 1. The Morgan fingerprint density at radius 3 is 1.78 bits per heavy atom. The molecule has 1 heterocycles. The molecule has 1 aliphatic heterocycles. The first kappa shape index (κ1) is 21.9. The first-order valence-electron chi connectivity index (χ1n) is 14.8. The van der Waals surface area contributed by atoms with Gasteiger partial charge in [0.2, 0.25) is 5.91 Å². The second kappa shape index (κ2) is 7.48. The summed E-state index contributed by atoms with van der Waals surface area (Å²) in [6.07, 6.45) is 19.5. The fourth-order valence-electron chi connectivity index (χ4n) is 11.3. The number of benzene rings is 1. The van der Waals surface area contributed by atoms with Gasteiger partial charge < -0.3 is 10.2 Å². The number of hydrogen-bond donors (Lipinski definition) is 1. The lowest BCUT2D eigenvalue weighted by molar-refractivity contribution is -0.192. The van der Waals surface area contributed by atoms with Crippen molar-refractivity contribution in [3.8, 4) is 0 Å². The smallest absolute Gasteiger partial charge is 0.251 e. The van der Waals surface area contributed by atoms with Gasteiger partial charge in [0.1, 0.15) is 5.54 Å². The molecule has 1 aromatic carbocycles. The summed E-state index contributed by atoms with van der Waals surface area (Å²) in [5, 5.41) is 3.70. The molecule has 9 aliphatic rings. The van der Waals surface area contributed by atoms with Crippen molar-refractivity contribution in [2.45, 2.75) is 100 Å². The van der Waals surface area contributed by atoms with Gasteiger partial charge in [-0.3, -0.25) is 9.59 Å². The zero-order chi connectivity index (χ0) is 24.1. The third kappa shape index (κ3) is 3.18. The topological polar surface area (TPSA) is 49.4 Å². The van der Waals surface area contributed by atoms with E-state index in [0.717, 1.165) is 79.6 Å². The minimum atomic E-state index is -0.831. The maximum absolute atomic E-state index is 14.5. The van der Waals surface area contributed by atoms with Crippen molar-refractivity contribution in [2.75, 3.05) is 0 Å². The quantitative estimate of drug-likeness (QED) is 0.543. The lowest BCUT2D eigenvalue weighted by Gasteiger charge is -2.67. The van der Waals surface area contributed by atoms with Crippen LogP contribution >= 0.6 is 0 Å². The molecule has 1 atom stereocenters. The molecule has 1 saturated heterocycles. The lowest BCUT2D eigenvalue weighted by atomic mass is 9.51. The summed E-state index contributed by atoms with van der Waals surface area (Å²) in [7, 11) is 0. The molecule has 1 aromatic rings. The second-order valence-corrected chi connectivity index (χ2v) is 14.4. The molecular formula is C32H40N2O2. The Morgan fingerprint density at radius 1 is 0.778 bits per heavy atom. The van der Waals surface area contributed by atoms with Crippen LogP contribution in [0.15, 0.2) is 36.4 Å². The molecule has 4 heteroatoms. The summed E-state index contributed by atoms with van der Waals surface area (Å²) in [6, 6.07) is 10.3. The van der Waals surface area contributed by atoms with Crippen molar-refractivity contribution in [3.63, 3.8) is 0 Å². The number of likely N-dealkylation sites (tertiary alicyclic amines) is 1. The van der Waals surface area contributed by atoms with Gasteiger partial charge in [-0.25, -0.2) is 0 Å². The van der Waals surface area contributed by atoms with Crippen molar-refractivity contribution in [2.24, 2.45) is 35.5 Å². The van der Waals surface area contributed by atoms with Crippen LogP contribution in [0.4, 0.5) is 0 Å². The van der Waals surface area contributed by atoms with Crippen LogP contribution in [0.2, 0.25) is 0 Å². The van der Waals surface area contributed by atoms with Gasteiger partial charge in [-0.15, -0.1) is 0 Å². The van der Waals surface area contributed by atoms with Gasteiger partial charge in [-0.2, -0.15) is 0 Å². The van der Waals surface area contributed by atoms with Crippen LogP contribution in [-0.4, -0.2) is 33.3 Å². The van der Waals surface area contributed by atoms with Gasteiger partial charge in [-0.1, -0.05) is 36.4 Å². The van der Waals surface area contributed by atoms with Crippen LogP contribution < -0.4 is 5.32 Å². The average Bonchev–Trinajstić information content (AvgIpc) is 2.79. The Bertz CT molecular complexity index is 1050. The van der Waals surface area contributed by atoms with Crippen LogP contribution in [0.3, 0.4) is 0 Å². The highest BCUT2D eigenvalue weighted by atomic mass is 16.2. The largest absolute Gasteiger partial charge is 0.348 e. The Balaban J connectivity index is 1.16. The van der Waals surface area contributed by atoms with Gasteiger partial charge >= 0.3 is 0 Å². The van der Waals surface area contributed by atoms with Gasteiger partial charge in [-0.05, 0) is 124 Å². The highest BCUT2D eigenvalue weighted by Crippen LogP contribution is 2.61. The minimum absolute atomic E-state index is 0.0365. The standard InChI is InChI=1S/C32H40N2O2/c35-28-20-32(7-6-21-4-2-1-3-5-21,34(28)31-17-25-11-26(18-31)13-27(12-25)19-31)29(36)33-30-14-22-8-23(15-30)10-24(9-22)16-30/h1-7,22-27H,8-20H2,(H,33,36). The van der Waals surface area contributed by atoms with E-state index in [1.165, 1.54) is 38.5 Å². The molecule has 36 heavy (non-hydrogen) atoms. The molecule has 9 fully saturated rings. The molecule has 1 N–H and O–H groups in total. The predicted octanol–water partition coefficient (Wildman–Crippen LogP) is 5.72. The van der Waals surface area contributed by atoms with Crippen LogP contribution in [0.1, 0.15) is 89.0 Å². The van der Waals surface area contributed by atoms with Gasteiger partial charge in [0.25, 0.3) is 5.91 Å². The van der Waals surface area contributed by atoms with Gasteiger partial charge in [0, 0.05) is 11.1 Å². The highest BCUT2D eigenvalue weighted by Gasteiger charge is 2.66. The summed E-state index contributed by atoms with van der Waals surface area (Å²) in [4.78, 5) is 30.3. The highest BCUT2D eigenvalue weighted by molar-refractivity contribution is 6.04. The number of amides is 2. The molecule has 8 saturated carbocycles. The molecule has 4 nitrogen and oxygen atoms in total.